The van der Waals surface area contributed by atoms with Crippen molar-refractivity contribution in [1.82, 2.24) is 5.32 Å². The van der Waals surface area contributed by atoms with Crippen LogP contribution >= 0.6 is 35.4 Å². The smallest absolute Gasteiger partial charge is 0.257 e. The fraction of sp³-hybridized carbons (Fsp3) is 0.222. The summed E-state index contributed by atoms with van der Waals surface area (Å²) in [7, 11) is 0. The Labute approximate surface area is 162 Å². The molecule has 0 radical (unpaired) electrons. The van der Waals surface area contributed by atoms with Gasteiger partial charge in [0, 0.05) is 21.3 Å². The van der Waals surface area contributed by atoms with E-state index < -0.39 is 0 Å². The van der Waals surface area contributed by atoms with Crippen LogP contribution in [-0.4, -0.2) is 17.1 Å². The van der Waals surface area contributed by atoms with Crippen LogP contribution in [0.3, 0.4) is 0 Å². The second kappa shape index (κ2) is 9.04. The van der Waals surface area contributed by atoms with Crippen LogP contribution in [-0.2, 0) is 0 Å². The lowest BCUT2D eigenvalue weighted by molar-refractivity contribution is 0.0977. The minimum Gasteiger partial charge on any atom is -0.491 e. The summed E-state index contributed by atoms with van der Waals surface area (Å²) in [5.41, 5.74) is 1.05. The molecule has 0 bridgehead atoms. The van der Waals surface area contributed by atoms with Gasteiger partial charge in [-0.05, 0) is 62.0 Å². The summed E-state index contributed by atoms with van der Waals surface area (Å²) in [6.45, 7) is 4.01. The summed E-state index contributed by atoms with van der Waals surface area (Å²) >= 11 is 17.0. The number of hydrogen-bond acceptors (Lipinski definition) is 3. The summed E-state index contributed by atoms with van der Waals surface area (Å²) in [5, 5.41) is 6.59. The van der Waals surface area contributed by atoms with Gasteiger partial charge in [-0.1, -0.05) is 36.2 Å². The molecular formula is C18H18Cl2N2O2S. The standard InChI is InChI=1S/C18H18Cl2N2O2S/c1-3-11(2)24-16-6-4-5-12(7-16)17(23)22-18(25)21-15-9-13(19)8-14(20)10-15/h4-11H,3H2,1-2H3,(H2,21,22,23,25). The van der Waals surface area contributed by atoms with Crippen molar-refractivity contribution >= 4 is 52.1 Å². The number of rotatable bonds is 5. The Kier molecular flexibility index (Phi) is 7.05. The molecule has 0 fully saturated rings. The number of carbonyl (C=O) groups is 1. The van der Waals surface area contributed by atoms with Gasteiger partial charge in [0.05, 0.1) is 6.10 Å². The van der Waals surface area contributed by atoms with Crippen LogP contribution < -0.4 is 15.4 Å². The molecule has 2 N–H and O–H groups in total. The highest BCUT2D eigenvalue weighted by Gasteiger charge is 2.10. The Morgan fingerprint density at radius 1 is 1.20 bits per heavy atom. The minimum atomic E-state index is -0.333. The van der Waals surface area contributed by atoms with E-state index in [9.17, 15) is 4.79 Å². The highest BCUT2D eigenvalue weighted by molar-refractivity contribution is 7.80. The zero-order chi connectivity index (χ0) is 18.4. The van der Waals surface area contributed by atoms with Crippen molar-refractivity contribution in [3.63, 3.8) is 0 Å². The Balaban J connectivity index is 2.01. The lowest BCUT2D eigenvalue weighted by atomic mass is 10.2. The van der Waals surface area contributed by atoms with Gasteiger partial charge in [0.2, 0.25) is 0 Å². The van der Waals surface area contributed by atoms with Crippen molar-refractivity contribution in [3.8, 4) is 5.75 Å². The van der Waals surface area contributed by atoms with Crippen LogP contribution in [0, 0.1) is 0 Å². The zero-order valence-corrected chi connectivity index (χ0v) is 16.1. The molecule has 25 heavy (non-hydrogen) atoms. The lowest BCUT2D eigenvalue weighted by Crippen LogP contribution is -2.34. The zero-order valence-electron chi connectivity index (χ0n) is 13.8. The first-order valence-corrected chi connectivity index (χ1v) is 8.89. The number of ether oxygens (including phenoxy) is 1. The van der Waals surface area contributed by atoms with Gasteiger partial charge in [0.15, 0.2) is 5.11 Å². The molecule has 0 saturated carbocycles. The van der Waals surface area contributed by atoms with E-state index in [1.807, 2.05) is 19.9 Å². The minimum absolute atomic E-state index is 0.0774. The van der Waals surface area contributed by atoms with E-state index in [1.54, 1.807) is 36.4 Å². The molecule has 2 rings (SSSR count). The number of halogens is 2. The second-order valence-corrected chi connectivity index (χ2v) is 6.71. The summed E-state index contributed by atoms with van der Waals surface area (Å²) in [4.78, 5) is 12.3. The Bertz CT molecular complexity index is 763. The average Bonchev–Trinajstić information content (AvgIpc) is 2.53. The van der Waals surface area contributed by atoms with Gasteiger partial charge in [-0.15, -0.1) is 0 Å². The van der Waals surface area contributed by atoms with Crippen LogP contribution in [0.5, 0.6) is 5.75 Å². The lowest BCUT2D eigenvalue weighted by Gasteiger charge is -2.14. The van der Waals surface area contributed by atoms with Crippen LogP contribution in [0.25, 0.3) is 0 Å². The molecule has 0 aliphatic rings. The van der Waals surface area contributed by atoms with E-state index in [1.165, 1.54) is 0 Å². The maximum atomic E-state index is 12.3. The van der Waals surface area contributed by atoms with Crippen LogP contribution in [0.2, 0.25) is 10.0 Å². The molecule has 0 aliphatic carbocycles. The molecule has 2 aromatic rings. The highest BCUT2D eigenvalue weighted by Crippen LogP contribution is 2.22. The molecule has 132 valence electrons. The molecule has 0 spiro atoms. The average molecular weight is 397 g/mol. The summed E-state index contributed by atoms with van der Waals surface area (Å²) in [6, 6.07) is 11.9. The molecule has 0 aliphatic heterocycles. The molecule has 4 nitrogen and oxygen atoms in total. The molecular weight excluding hydrogens is 379 g/mol. The normalized spacial score (nSPS) is 11.5. The van der Waals surface area contributed by atoms with E-state index in [4.69, 9.17) is 40.2 Å². The quantitative estimate of drug-likeness (QED) is 0.673. The molecule has 0 aromatic heterocycles. The predicted molar refractivity (Wildman–Crippen MR) is 107 cm³/mol. The van der Waals surface area contributed by atoms with Crippen molar-refractivity contribution < 1.29 is 9.53 Å². The predicted octanol–water partition coefficient (Wildman–Crippen LogP) is 5.30. The third-order valence-electron chi connectivity index (χ3n) is 3.36. The number of anilines is 1. The van der Waals surface area contributed by atoms with Gasteiger partial charge >= 0.3 is 0 Å². The number of carbonyl (C=O) groups excluding carboxylic acids is 1. The number of amides is 1. The molecule has 2 aromatic carbocycles. The van der Waals surface area contributed by atoms with Crippen LogP contribution in [0.15, 0.2) is 42.5 Å². The van der Waals surface area contributed by atoms with Gasteiger partial charge in [-0.25, -0.2) is 0 Å². The first-order valence-electron chi connectivity index (χ1n) is 7.72. The van der Waals surface area contributed by atoms with E-state index >= 15 is 0 Å². The van der Waals surface area contributed by atoms with E-state index in [-0.39, 0.29) is 17.1 Å². The van der Waals surface area contributed by atoms with Gasteiger partial charge in [-0.2, -0.15) is 0 Å². The van der Waals surface area contributed by atoms with Crippen molar-refractivity contribution in [2.75, 3.05) is 5.32 Å². The maximum Gasteiger partial charge on any atom is 0.257 e. The van der Waals surface area contributed by atoms with Gasteiger partial charge in [0.25, 0.3) is 5.91 Å². The molecule has 1 amide bonds. The largest absolute Gasteiger partial charge is 0.491 e. The molecule has 1 unspecified atom stereocenters. The third kappa shape index (κ3) is 6.20. The summed E-state index contributed by atoms with van der Waals surface area (Å²) < 4.78 is 5.72. The van der Waals surface area contributed by atoms with Crippen LogP contribution in [0.1, 0.15) is 30.6 Å². The Hall–Kier alpha value is -1.82. The fourth-order valence-electron chi connectivity index (χ4n) is 1.99. The fourth-order valence-corrected chi connectivity index (χ4v) is 2.73. The number of nitrogens with one attached hydrogen (secondary N) is 2. The van der Waals surface area contributed by atoms with Gasteiger partial charge in [-0.3, -0.25) is 10.1 Å². The summed E-state index contributed by atoms with van der Waals surface area (Å²) in [6.07, 6.45) is 0.959. The molecule has 0 saturated heterocycles. The number of thiocarbonyl (C=S) groups is 1. The SMILES string of the molecule is CCC(C)Oc1cccc(C(=O)NC(=S)Nc2cc(Cl)cc(Cl)c2)c1. The van der Waals surface area contributed by atoms with Gasteiger partial charge < -0.3 is 10.1 Å². The monoisotopic (exact) mass is 396 g/mol. The maximum absolute atomic E-state index is 12.3. The first-order chi connectivity index (χ1) is 11.9. The molecule has 0 heterocycles. The van der Waals surface area contributed by atoms with Crippen molar-refractivity contribution in [1.29, 1.82) is 0 Å². The van der Waals surface area contributed by atoms with Crippen molar-refractivity contribution in [2.24, 2.45) is 0 Å². The topological polar surface area (TPSA) is 50.4 Å². The first kappa shape index (κ1) is 19.5. The molecule has 1 atom stereocenters. The number of hydrogen-bond donors (Lipinski definition) is 2. The Morgan fingerprint density at radius 2 is 1.88 bits per heavy atom. The van der Waals surface area contributed by atoms with Crippen LogP contribution in [0.4, 0.5) is 5.69 Å². The van der Waals surface area contributed by atoms with Gasteiger partial charge in [0.1, 0.15) is 5.75 Å². The van der Waals surface area contributed by atoms with E-state index in [2.05, 4.69) is 10.6 Å². The Morgan fingerprint density at radius 3 is 2.52 bits per heavy atom. The molecule has 7 heteroatoms. The number of benzene rings is 2. The highest BCUT2D eigenvalue weighted by atomic mass is 35.5. The van der Waals surface area contributed by atoms with E-state index in [0.717, 1.165) is 6.42 Å². The summed E-state index contributed by atoms with van der Waals surface area (Å²) in [5.74, 6) is 0.308. The third-order valence-corrected chi connectivity index (χ3v) is 4.00. The second-order valence-electron chi connectivity index (χ2n) is 5.43. The van der Waals surface area contributed by atoms with E-state index in [0.29, 0.717) is 27.0 Å². The van der Waals surface area contributed by atoms with Crippen molar-refractivity contribution in [3.05, 3.63) is 58.1 Å². The van der Waals surface area contributed by atoms with Crippen molar-refractivity contribution in [2.45, 2.75) is 26.4 Å².